The fourth-order valence-electron chi connectivity index (χ4n) is 4.99. The summed E-state index contributed by atoms with van der Waals surface area (Å²) in [6.07, 6.45) is 19.5. The Morgan fingerprint density at radius 3 is 2.12 bits per heavy atom. The van der Waals surface area contributed by atoms with E-state index < -0.39 is 5.79 Å². The molecule has 0 bridgehead atoms. The molecule has 0 saturated heterocycles. The van der Waals surface area contributed by atoms with Crippen molar-refractivity contribution >= 4 is 0 Å². The van der Waals surface area contributed by atoms with Crippen LogP contribution in [-0.2, 0) is 18.9 Å². The Hall–Kier alpha value is -0.200. The fraction of sp³-hybridized carbons (Fsp3) is 1.00. The molecule has 0 aromatic rings. The van der Waals surface area contributed by atoms with Crippen LogP contribution in [0.2, 0.25) is 0 Å². The summed E-state index contributed by atoms with van der Waals surface area (Å²) in [6.45, 7) is 8.38. The number of ether oxygens (including phenoxy) is 4. The lowest BCUT2D eigenvalue weighted by atomic mass is 9.76. The molecule has 2 unspecified atom stereocenters. The predicted octanol–water partition coefficient (Wildman–Crippen LogP) is 6.83. The van der Waals surface area contributed by atoms with E-state index in [4.69, 9.17) is 18.9 Å². The maximum absolute atomic E-state index is 6.11. The van der Waals surface area contributed by atoms with Gasteiger partial charge in [-0.3, -0.25) is 0 Å². The molecule has 1 rings (SSSR count). The van der Waals surface area contributed by atoms with Crippen molar-refractivity contribution in [1.29, 1.82) is 0 Å². The third-order valence-electron chi connectivity index (χ3n) is 7.47. The molecule has 0 N–H and O–H groups in total. The molecule has 0 aromatic heterocycles. The SMILES string of the molecule is CCCCCCCCCC(CCOCC(C)(OC)OCCOCC[N+](C)(C)C)C1CCCCC1. The largest absolute Gasteiger partial charge is 0.376 e. The lowest BCUT2D eigenvalue weighted by Crippen LogP contribution is -2.39. The fourth-order valence-corrected chi connectivity index (χ4v) is 4.99. The zero-order chi connectivity index (χ0) is 25.1. The predicted molar refractivity (Wildman–Crippen MR) is 143 cm³/mol. The van der Waals surface area contributed by atoms with Crippen LogP contribution in [0.5, 0.6) is 0 Å². The monoisotopic (exact) mass is 486 g/mol. The minimum absolute atomic E-state index is 0.469. The van der Waals surface area contributed by atoms with Crippen LogP contribution >= 0.6 is 0 Å². The van der Waals surface area contributed by atoms with Crippen molar-refractivity contribution in [2.24, 2.45) is 11.8 Å². The molecule has 0 spiro atoms. The van der Waals surface area contributed by atoms with E-state index in [2.05, 4.69) is 28.1 Å². The molecule has 5 nitrogen and oxygen atoms in total. The minimum atomic E-state index is -0.706. The molecule has 5 heteroatoms. The molecule has 1 aliphatic carbocycles. The molecule has 2 atom stereocenters. The molecule has 0 amide bonds. The van der Waals surface area contributed by atoms with Crippen LogP contribution < -0.4 is 0 Å². The van der Waals surface area contributed by atoms with E-state index in [0.29, 0.717) is 19.8 Å². The van der Waals surface area contributed by atoms with Crippen molar-refractivity contribution in [3.8, 4) is 0 Å². The van der Waals surface area contributed by atoms with Crippen molar-refractivity contribution in [2.45, 2.75) is 110 Å². The number of hydrogen-bond acceptors (Lipinski definition) is 4. The highest BCUT2D eigenvalue weighted by molar-refractivity contribution is 4.75. The summed E-state index contributed by atoms with van der Waals surface area (Å²) in [6, 6.07) is 0. The smallest absolute Gasteiger partial charge is 0.188 e. The molecule has 0 aromatic carbocycles. The van der Waals surface area contributed by atoms with Gasteiger partial charge < -0.3 is 23.4 Å². The van der Waals surface area contributed by atoms with E-state index in [9.17, 15) is 0 Å². The number of hydrogen-bond donors (Lipinski definition) is 0. The quantitative estimate of drug-likeness (QED) is 0.0954. The zero-order valence-electron chi connectivity index (χ0n) is 23.9. The van der Waals surface area contributed by atoms with Gasteiger partial charge in [0.25, 0.3) is 0 Å². The van der Waals surface area contributed by atoms with Gasteiger partial charge >= 0.3 is 0 Å². The zero-order valence-corrected chi connectivity index (χ0v) is 23.9. The van der Waals surface area contributed by atoms with Crippen molar-refractivity contribution in [1.82, 2.24) is 0 Å². The highest BCUT2D eigenvalue weighted by Gasteiger charge is 2.26. The Morgan fingerprint density at radius 1 is 0.794 bits per heavy atom. The summed E-state index contributed by atoms with van der Waals surface area (Å²) in [5, 5.41) is 0. The number of nitrogens with zero attached hydrogens (tertiary/aromatic N) is 1. The van der Waals surface area contributed by atoms with E-state index >= 15 is 0 Å². The first-order valence-electron chi connectivity index (χ1n) is 14.4. The van der Waals surface area contributed by atoms with E-state index in [-0.39, 0.29) is 0 Å². The molecular formula is C29H60NO4+. The first kappa shape index (κ1) is 31.8. The van der Waals surface area contributed by atoms with Gasteiger partial charge in [-0.15, -0.1) is 0 Å². The Bertz CT molecular complexity index is 462. The van der Waals surface area contributed by atoms with Crippen LogP contribution in [0.1, 0.15) is 104 Å². The van der Waals surface area contributed by atoms with Gasteiger partial charge in [0.05, 0.1) is 41.0 Å². The van der Waals surface area contributed by atoms with Gasteiger partial charge in [-0.1, -0.05) is 90.4 Å². The standard InChI is InChI=1S/C29H60NO4/c1-7-8-9-10-11-12-14-19-28(27-17-15-13-16-18-27)20-22-33-26-29(2,31-6)34-25-24-32-23-21-30(3,4)5/h27-28H,7-26H2,1-6H3/q+1. The molecule has 1 fully saturated rings. The van der Waals surface area contributed by atoms with E-state index in [1.807, 2.05) is 6.92 Å². The van der Waals surface area contributed by atoms with Gasteiger partial charge in [0, 0.05) is 13.7 Å². The summed E-state index contributed by atoms with van der Waals surface area (Å²) in [7, 11) is 8.22. The summed E-state index contributed by atoms with van der Waals surface area (Å²) >= 11 is 0. The highest BCUT2D eigenvalue weighted by Crippen LogP contribution is 2.35. The third kappa shape index (κ3) is 16.5. The van der Waals surface area contributed by atoms with Gasteiger partial charge in [-0.2, -0.15) is 0 Å². The number of methoxy groups -OCH3 is 1. The van der Waals surface area contributed by atoms with Gasteiger partial charge in [0.15, 0.2) is 5.79 Å². The summed E-state index contributed by atoms with van der Waals surface area (Å²) in [5.74, 6) is 1.02. The summed E-state index contributed by atoms with van der Waals surface area (Å²) < 4.78 is 24.3. The first-order chi connectivity index (χ1) is 16.3. The van der Waals surface area contributed by atoms with E-state index in [0.717, 1.165) is 36.1 Å². The van der Waals surface area contributed by atoms with Gasteiger partial charge in [0.1, 0.15) is 13.2 Å². The van der Waals surface area contributed by atoms with Crippen molar-refractivity contribution < 1.29 is 23.4 Å². The normalized spacial score (nSPS) is 18.2. The lowest BCUT2D eigenvalue weighted by molar-refractivity contribution is -0.870. The van der Waals surface area contributed by atoms with Crippen LogP contribution in [0.3, 0.4) is 0 Å². The number of rotatable bonds is 22. The molecule has 1 aliphatic rings. The van der Waals surface area contributed by atoms with Gasteiger partial charge in [-0.25, -0.2) is 0 Å². The topological polar surface area (TPSA) is 36.9 Å². The first-order valence-corrected chi connectivity index (χ1v) is 14.4. The second-order valence-corrected chi connectivity index (χ2v) is 11.7. The maximum atomic E-state index is 6.11. The van der Waals surface area contributed by atoms with Crippen molar-refractivity contribution in [3.05, 3.63) is 0 Å². The van der Waals surface area contributed by atoms with Crippen molar-refractivity contribution in [3.63, 3.8) is 0 Å². The van der Waals surface area contributed by atoms with Crippen LogP contribution in [0.15, 0.2) is 0 Å². The minimum Gasteiger partial charge on any atom is -0.376 e. The summed E-state index contributed by atoms with van der Waals surface area (Å²) in [5.41, 5.74) is 0. The number of likely N-dealkylation sites (N-methyl/N-ethyl adjacent to an activating group) is 1. The maximum Gasteiger partial charge on any atom is 0.188 e. The second-order valence-electron chi connectivity index (χ2n) is 11.7. The van der Waals surface area contributed by atoms with Crippen molar-refractivity contribution in [2.75, 3.05) is 67.8 Å². The molecular weight excluding hydrogens is 426 g/mol. The van der Waals surface area contributed by atoms with Crippen LogP contribution in [0.4, 0.5) is 0 Å². The highest BCUT2D eigenvalue weighted by atomic mass is 16.7. The second kappa shape index (κ2) is 19.0. The molecule has 0 heterocycles. The Kier molecular flexibility index (Phi) is 17.8. The lowest BCUT2D eigenvalue weighted by Gasteiger charge is -2.31. The van der Waals surface area contributed by atoms with Crippen LogP contribution in [0, 0.1) is 11.8 Å². The summed E-state index contributed by atoms with van der Waals surface area (Å²) in [4.78, 5) is 0. The molecule has 204 valence electrons. The number of unbranched alkanes of at least 4 members (excludes halogenated alkanes) is 6. The van der Waals surface area contributed by atoms with E-state index in [1.165, 1.54) is 89.9 Å². The van der Waals surface area contributed by atoms with E-state index in [1.54, 1.807) is 7.11 Å². The third-order valence-corrected chi connectivity index (χ3v) is 7.47. The molecule has 34 heavy (non-hydrogen) atoms. The average molecular weight is 487 g/mol. The Labute approximate surface area is 212 Å². The molecule has 0 radical (unpaired) electrons. The molecule has 0 aliphatic heterocycles. The Balaban J connectivity index is 2.28. The molecule has 1 saturated carbocycles. The van der Waals surface area contributed by atoms with Crippen LogP contribution in [0.25, 0.3) is 0 Å². The van der Waals surface area contributed by atoms with Gasteiger partial charge in [0.2, 0.25) is 0 Å². The average Bonchev–Trinajstić information content (AvgIpc) is 2.82. The Morgan fingerprint density at radius 2 is 1.47 bits per heavy atom. The number of quaternary nitrogens is 1. The van der Waals surface area contributed by atoms with Crippen LogP contribution in [-0.4, -0.2) is 78.1 Å². The van der Waals surface area contributed by atoms with Gasteiger partial charge in [-0.05, 0) is 25.2 Å².